The quantitative estimate of drug-likeness (QED) is 0.644. The van der Waals surface area contributed by atoms with E-state index in [-0.39, 0.29) is 40.3 Å². The average Bonchev–Trinajstić information content (AvgIpc) is 3.13. The molecule has 2 unspecified atom stereocenters. The van der Waals surface area contributed by atoms with Gasteiger partial charge in [0.25, 0.3) is 0 Å². The van der Waals surface area contributed by atoms with Gasteiger partial charge in [-0.2, -0.15) is 0 Å². The van der Waals surface area contributed by atoms with Crippen LogP contribution in [0.2, 0.25) is 0 Å². The molecule has 2 N–H and O–H groups in total. The average molecular weight is 473 g/mol. The standard InChI is InChI=1S/C22H18F2N4O2S2/c1-12-10-32-21-19(12)20(25-11-26-21)30-17-7-6-15(9-16(17)24)27-22(31)28-18(29)8-13-2-4-14(23)5-3-13/h2-7,9-11,19,21H,8H2,1H3,(H2,27,28,29,31). The number of aliphatic imine (C=N–C) groups is 2. The second-order valence-corrected chi connectivity index (χ2v) is 8.55. The summed E-state index contributed by atoms with van der Waals surface area (Å²) in [5.74, 6) is -1.06. The summed E-state index contributed by atoms with van der Waals surface area (Å²) in [6.45, 7) is 1.96. The van der Waals surface area contributed by atoms with E-state index in [0.29, 0.717) is 17.1 Å². The van der Waals surface area contributed by atoms with Gasteiger partial charge in [0.2, 0.25) is 11.8 Å². The van der Waals surface area contributed by atoms with Crippen molar-refractivity contribution in [1.82, 2.24) is 5.32 Å². The zero-order valence-corrected chi connectivity index (χ0v) is 18.5. The molecule has 2 heterocycles. The number of hydrogen-bond acceptors (Lipinski definition) is 6. The van der Waals surface area contributed by atoms with Crippen LogP contribution in [-0.4, -0.2) is 28.6 Å². The molecule has 0 aliphatic carbocycles. The molecule has 4 rings (SSSR count). The van der Waals surface area contributed by atoms with Crippen LogP contribution < -0.4 is 15.4 Å². The number of ether oxygens (including phenoxy) is 1. The van der Waals surface area contributed by atoms with Crippen molar-refractivity contribution < 1.29 is 18.3 Å². The lowest BCUT2D eigenvalue weighted by atomic mass is 10.0. The largest absolute Gasteiger partial charge is 0.439 e. The first-order valence-corrected chi connectivity index (χ1v) is 11.0. The summed E-state index contributed by atoms with van der Waals surface area (Å²) in [5, 5.41) is 7.26. The lowest BCUT2D eigenvalue weighted by Gasteiger charge is -2.22. The van der Waals surface area contributed by atoms with Gasteiger partial charge in [0.1, 0.15) is 17.5 Å². The van der Waals surface area contributed by atoms with Gasteiger partial charge in [0.15, 0.2) is 16.7 Å². The molecule has 0 radical (unpaired) electrons. The van der Waals surface area contributed by atoms with E-state index in [1.54, 1.807) is 17.8 Å². The highest BCUT2D eigenvalue weighted by Gasteiger charge is 2.35. The van der Waals surface area contributed by atoms with Crippen molar-refractivity contribution in [2.45, 2.75) is 18.7 Å². The minimum atomic E-state index is -0.607. The summed E-state index contributed by atoms with van der Waals surface area (Å²) < 4.78 is 33.3. The fourth-order valence-electron chi connectivity index (χ4n) is 3.21. The summed E-state index contributed by atoms with van der Waals surface area (Å²) in [7, 11) is 0. The van der Waals surface area contributed by atoms with E-state index in [0.717, 1.165) is 5.57 Å². The third kappa shape index (κ3) is 5.20. The molecule has 164 valence electrons. The minimum absolute atomic E-state index is 0.0182. The van der Waals surface area contributed by atoms with Crippen LogP contribution in [0, 0.1) is 17.6 Å². The molecule has 0 fully saturated rings. The molecule has 2 aliphatic heterocycles. The van der Waals surface area contributed by atoms with Gasteiger partial charge in [-0.25, -0.2) is 13.8 Å². The van der Waals surface area contributed by atoms with Gasteiger partial charge in [-0.15, -0.1) is 11.8 Å². The number of halogens is 2. The number of carbonyl (C=O) groups is 1. The summed E-state index contributed by atoms with van der Waals surface area (Å²) in [4.78, 5) is 20.6. The van der Waals surface area contributed by atoms with Crippen molar-refractivity contribution in [1.29, 1.82) is 0 Å². The summed E-state index contributed by atoms with van der Waals surface area (Å²) in [6, 6.07) is 9.86. The third-order valence-corrected chi connectivity index (χ3v) is 6.15. The van der Waals surface area contributed by atoms with Crippen molar-refractivity contribution in [3.8, 4) is 5.75 Å². The first kappa shape index (κ1) is 22.1. The Balaban J connectivity index is 1.35. The zero-order chi connectivity index (χ0) is 22.7. The Bertz CT molecular complexity index is 1150. The Kier molecular flexibility index (Phi) is 6.61. The Morgan fingerprint density at radius 1 is 1.22 bits per heavy atom. The van der Waals surface area contributed by atoms with E-state index >= 15 is 0 Å². The molecular weight excluding hydrogens is 454 g/mol. The highest BCUT2D eigenvalue weighted by atomic mass is 32.2. The van der Waals surface area contributed by atoms with Gasteiger partial charge >= 0.3 is 0 Å². The number of thiocarbonyl (C=S) groups is 1. The highest BCUT2D eigenvalue weighted by Crippen LogP contribution is 2.39. The van der Waals surface area contributed by atoms with Crippen molar-refractivity contribution in [3.05, 3.63) is 70.6 Å². The zero-order valence-electron chi connectivity index (χ0n) is 16.8. The molecule has 32 heavy (non-hydrogen) atoms. The molecule has 0 saturated heterocycles. The fourth-order valence-corrected chi connectivity index (χ4v) is 4.56. The SMILES string of the molecule is CC1=CSC2N=CN=C(Oc3ccc(NC(=S)NC(=O)Cc4ccc(F)cc4)cc3F)C12. The Morgan fingerprint density at radius 3 is 2.75 bits per heavy atom. The Hall–Kier alpha value is -3.11. The second-order valence-electron chi connectivity index (χ2n) is 7.15. The van der Waals surface area contributed by atoms with E-state index in [2.05, 4.69) is 20.6 Å². The van der Waals surface area contributed by atoms with E-state index in [1.165, 1.54) is 42.7 Å². The summed E-state index contributed by atoms with van der Waals surface area (Å²) in [5.41, 5.74) is 2.05. The molecule has 0 saturated carbocycles. The van der Waals surface area contributed by atoms with Crippen LogP contribution in [0.3, 0.4) is 0 Å². The van der Waals surface area contributed by atoms with Crippen LogP contribution in [-0.2, 0) is 11.2 Å². The predicted octanol–water partition coefficient (Wildman–Crippen LogP) is 4.43. The number of hydrogen-bond donors (Lipinski definition) is 2. The third-order valence-electron chi connectivity index (χ3n) is 4.77. The predicted molar refractivity (Wildman–Crippen MR) is 126 cm³/mol. The molecule has 2 atom stereocenters. The molecule has 1 amide bonds. The van der Waals surface area contributed by atoms with Crippen molar-refractivity contribution in [2.24, 2.45) is 15.9 Å². The molecule has 2 aromatic carbocycles. The number of carbonyl (C=O) groups excluding carboxylic acids is 1. The van der Waals surface area contributed by atoms with Crippen LogP contribution in [0.25, 0.3) is 0 Å². The molecule has 0 bridgehead atoms. The number of anilines is 1. The number of thioether (sulfide) groups is 1. The number of nitrogens with zero attached hydrogens (tertiary/aromatic N) is 2. The van der Waals surface area contributed by atoms with Crippen LogP contribution in [0.1, 0.15) is 12.5 Å². The van der Waals surface area contributed by atoms with Gasteiger partial charge in [-0.1, -0.05) is 17.7 Å². The summed E-state index contributed by atoms with van der Waals surface area (Å²) in [6.07, 6.45) is 1.46. The van der Waals surface area contributed by atoms with Crippen LogP contribution in [0.4, 0.5) is 14.5 Å². The molecule has 2 aliphatic rings. The van der Waals surface area contributed by atoms with E-state index < -0.39 is 5.82 Å². The maximum absolute atomic E-state index is 14.6. The normalized spacial score (nSPS) is 19.0. The van der Waals surface area contributed by atoms with E-state index in [4.69, 9.17) is 17.0 Å². The van der Waals surface area contributed by atoms with Gasteiger partial charge in [-0.3, -0.25) is 9.79 Å². The monoisotopic (exact) mass is 472 g/mol. The number of amides is 1. The highest BCUT2D eigenvalue weighted by molar-refractivity contribution is 8.03. The van der Waals surface area contributed by atoms with E-state index in [9.17, 15) is 13.6 Å². The van der Waals surface area contributed by atoms with E-state index in [1.807, 2.05) is 12.3 Å². The molecule has 0 spiro atoms. The van der Waals surface area contributed by atoms with Gasteiger partial charge < -0.3 is 15.4 Å². The molecule has 0 aromatic heterocycles. The fraction of sp³-hybridized carbons (Fsp3) is 0.182. The molecular formula is C22H18F2N4O2S2. The maximum atomic E-state index is 14.6. The minimum Gasteiger partial charge on any atom is -0.439 e. The van der Waals surface area contributed by atoms with Gasteiger partial charge in [-0.05, 0) is 54.4 Å². The number of nitrogens with one attached hydrogen (secondary N) is 2. The smallest absolute Gasteiger partial charge is 0.230 e. The first-order valence-electron chi connectivity index (χ1n) is 9.63. The van der Waals surface area contributed by atoms with Gasteiger partial charge in [0, 0.05) is 11.8 Å². The molecule has 2 aromatic rings. The van der Waals surface area contributed by atoms with Crippen molar-refractivity contribution in [2.75, 3.05) is 5.32 Å². The first-order chi connectivity index (χ1) is 15.4. The van der Waals surface area contributed by atoms with Gasteiger partial charge in [0.05, 0.1) is 12.3 Å². The topological polar surface area (TPSA) is 75.1 Å². The molecule has 6 nitrogen and oxygen atoms in total. The lowest BCUT2D eigenvalue weighted by Crippen LogP contribution is -2.35. The lowest BCUT2D eigenvalue weighted by molar-refractivity contribution is -0.119. The number of rotatable bonds is 4. The summed E-state index contributed by atoms with van der Waals surface area (Å²) >= 11 is 6.70. The molecule has 10 heteroatoms. The van der Waals surface area contributed by atoms with Crippen LogP contribution in [0.15, 0.2) is 63.4 Å². The Labute approximate surface area is 192 Å². The van der Waals surface area contributed by atoms with Crippen LogP contribution >= 0.6 is 24.0 Å². The van der Waals surface area contributed by atoms with Crippen LogP contribution in [0.5, 0.6) is 5.75 Å². The van der Waals surface area contributed by atoms with Crippen molar-refractivity contribution in [3.63, 3.8) is 0 Å². The number of benzene rings is 2. The Morgan fingerprint density at radius 2 is 2.00 bits per heavy atom. The second kappa shape index (κ2) is 9.58. The number of fused-ring (bicyclic) bond motifs is 1. The maximum Gasteiger partial charge on any atom is 0.230 e. The van der Waals surface area contributed by atoms with Crippen molar-refractivity contribution >= 4 is 52.9 Å².